The van der Waals surface area contributed by atoms with Gasteiger partial charge < -0.3 is 15.5 Å². The van der Waals surface area contributed by atoms with Crippen LogP contribution in [0, 0.1) is 0 Å². The van der Waals surface area contributed by atoms with Crippen molar-refractivity contribution in [2.75, 3.05) is 25.5 Å². The van der Waals surface area contributed by atoms with E-state index in [0.717, 1.165) is 10.9 Å². The number of benzene rings is 1. The van der Waals surface area contributed by atoms with E-state index in [1.165, 1.54) is 9.78 Å². The van der Waals surface area contributed by atoms with Gasteiger partial charge in [0, 0.05) is 22.9 Å². The van der Waals surface area contributed by atoms with Crippen molar-refractivity contribution in [1.82, 2.24) is 10.2 Å². The first-order valence-electron chi connectivity index (χ1n) is 7.12. The molecule has 0 saturated carbocycles. The van der Waals surface area contributed by atoms with Gasteiger partial charge in [-0.25, -0.2) is 4.79 Å². The molecule has 2 rings (SSSR count). The van der Waals surface area contributed by atoms with Crippen molar-refractivity contribution in [3.63, 3.8) is 0 Å². The van der Waals surface area contributed by atoms with Crippen LogP contribution in [0.15, 0.2) is 46.3 Å². The minimum absolute atomic E-state index is 0.00777. The molecule has 0 aliphatic carbocycles. The summed E-state index contributed by atoms with van der Waals surface area (Å²) in [5.74, 6) is -0.243. The predicted molar refractivity (Wildman–Crippen MR) is 96.8 cm³/mol. The fourth-order valence-electron chi connectivity index (χ4n) is 1.92. The van der Waals surface area contributed by atoms with Crippen molar-refractivity contribution < 1.29 is 9.59 Å². The Morgan fingerprint density at radius 1 is 1.22 bits per heavy atom. The highest BCUT2D eigenvalue weighted by molar-refractivity contribution is 9.10. The molecule has 7 heteroatoms. The summed E-state index contributed by atoms with van der Waals surface area (Å²) in [6.07, 6.45) is 0.792. The van der Waals surface area contributed by atoms with Crippen molar-refractivity contribution in [1.29, 1.82) is 0 Å². The number of anilines is 1. The Morgan fingerprint density at radius 2 is 2.00 bits per heavy atom. The van der Waals surface area contributed by atoms with Crippen molar-refractivity contribution in [3.8, 4) is 0 Å². The van der Waals surface area contributed by atoms with E-state index >= 15 is 0 Å². The number of hydrogen-bond acceptors (Lipinski definition) is 3. The summed E-state index contributed by atoms with van der Waals surface area (Å²) in [4.78, 5) is 26.5. The van der Waals surface area contributed by atoms with Crippen LogP contribution in [0.4, 0.5) is 10.5 Å². The summed E-state index contributed by atoms with van der Waals surface area (Å²) in [5.41, 5.74) is 0.684. The molecule has 1 aromatic carbocycles. The van der Waals surface area contributed by atoms with Gasteiger partial charge in [-0.3, -0.25) is 4.79 Å². The number of urea groups is 1. The van der Waals surface area contributed by atoms with E-state index in [1.807, 2.05) is 35.7 Å². The van der Waals surface area contributed by atoms with Crippen molar-refractivity contribution >= 4 is 44.9 Å². The van der Waals surface area contributed by atoms with Crippen LogP contribution >= 0.6 is 27.3 Å². The number of halogens is 1. The minimum atomic E-state index is -0.260. The third-order valence-electron chi connectivity index (χ3n) is 3.10. The van der Waals surface area contributed by atoms with E-state index in [9.17, 15) is 9.59 Å². The Labute approximate surface area is 147 Å². The zero-order valence-corrected chi connectivity index (χ0v) is 15.1. The summed E-state index contributed by atoms with van der Waals surface area (Å²) in [6.45, 7) is 0.543. The van der Waals surface area contributed by atoms with E-state index < -0.39 is 0 Å². The lowest BCUT2D eigenvalue weighted by Gasteiger charge is -2.17. The highest BCUT2D eigenvalue weighted by Crippen LogP contribution is 2.20. The van der Waals surface area contributed by atoms with Crippen molar-refractivity contribution in [2.24, 2.45) is 0 Å². The number of carbonyl (C=O) groups excluding carboxylic acids is 2. The summed E-state index contributed by atoms with van der Waals surface area (Å²) < 4.78 is 0.802. The van der Waals surface area contributed by atoms with Crippen LogP contribution in [0.25, 0.3) is 0 Å². The van der Waals surface area contributed by atoms with E-state index in [4.69, 9.17) is 0 Å². The predicted octanol–water partition coefficient (Wildman–Crippen LogP) is 3.33. The molecule has 0 fully saturated rings. The summed E-state index contributed by atoms with van der Waals surface area (Å²) in [6, 6.07) is 11.1. The maximum atomic E-state index is 12.0. The molecule has 2 N–H and O–H groups in total. The van der Waals surface area contributed by atoms with E-state index in [0.29, 0.717) is 12.2 Å². The van der Waals surface area contributed by atoms with Crippen molar-refractivity contribution in [2.45, 2.75) is 6.42 Å². The monoisotopic (exact) mass is 395 g/mol. The third kappa shape index (κ3) is 5.69. The summed E-state index contributed by atoms with van der Waals surface area (Å²) in [5, 5.41) is 7.58. The number of thiophene rings is 1. The van der Waals surface area contributed by atoms with Gasteiger partial charge in [-0.1, -0.05) is 18.2 Å². The zero-order valence-electron chi connectivity index (χ0n) is 12.7. The van der Waals surface area contributed by atoms with Gasteiger partial charge in [0.15, 0.2) is 0 Å². The maximum absolute atomic E-state index is 12.0. The lowest BCUT2D eigenvalue weighted by Crippen LogP contribution is -2.42. The first-order chi connectivity index (χ1) is 11.1. The normalized spacial score (nSPS) is 10.2. The molecule has 0 aliphatic rings. The molecule has 23 heavy (non-hydrogen) atoms. The number of rotatable bonds is 6. The molecule has 3 amide bonds. The SMILES string of the molecule is CN(CC(=O)Nc1ccccc1Br)C(=O)NCCc1cccs1. The number of carbonyl (C=O) groups is 2. The lowest BCUT2D eigenvalue weighted by atomic mass is 10.3. The molecule has 5 nitrogen and oxygen atoms in total. The summed E-state index contributed by atoms with van der Waals surface area (Å²) >= 11 is 5.03. The highest BCUT2D eigenvalue weighted by atomic mass is 79.9. The highest BCUT2D eigenvalue weighted by Gasteiger charge is 2.13. The molecule has 0 aliphatic heterocycles. The van der Waals surface area contributed by atoms with E-state index in [2.05, 4.69) is 26.6 Å². The molecular formula is C16H18BrN3O2S. The van der Waals surface area contributed by atoms with Crippen LogP contribution in [0.2, 0.25) is 0 Å². The molecule has 0 saturated heterocycles. The maximum Gasteiger partial charge on any atom is 0.317 e. The number of likely N-dealkylation sites (N-methyl/N-ethyl adjacent to an activating group) is 1. The first-order valence-corrected chi connectivity index (χ1v) is 8.79. The second-order valence-corrected chi connectivity index (χ2v) is 6.83. The number of nitrogens with zero attached hydrogens (tertiary/aromatic N) is 1. The zero-order chi connectivity index (χ0) is 16.7. The second-order valence-electron chi connectivity index (χ2n) is 4.95. The van der Waals surface area contributed by atoms with Crippen LogP contribution in [0.1, 0.15) is 4.88 Å². The van der Waals surface area contributed by atoms with Gasteiger partial charge >= 0.3 is 6.03 Å². The molecule has 122 valence electrons. The molecule has 0 spiro atoms. The Morgan fingerprint density at radius 3 is 2.70 bits per heavy atom. The second kappa shape index (κ2) is 8.69. The van der Waals surface area contributed by atoms with Crippen LogP contribution in [-0.4, -0.2) is 37.0 Å². The Balaban J connectivity index is 1.74. The number of hydrogen-bond donors (Lipinski definition) is 2. The molecule has 0 radical (unpaired) electrons. The quantitative estimate of drug-likeness (QED) is 0.787. The van der Waals surface area contributed by atoms with Gasteiger partial charge in [0.1, 0.15) is 6.54 Å². The van der Waals surface area contributed by atoms with Crippen LogP contribution in [-0.2, 0) is 11.2 Å². The molecule has 1 heterocycles. The first kappa shape index (κ1) is 17.5. The molecule has 0 unspecified atom stereocenters. The molecule has 2 aromatic rings. The van der Waals surface area contributed by atoms with Gasteiger partial charge in [-0.2, -0.15) is 0 Å². The van der Waals surface area contributed by atoms with Gasteiger partial charge in [0.25, 0.3) is 0 Å². The fourth-order valence-corrected chi connectivity index (χ4v) is 3.01. The van der Waals surface area contributed by atoms with Gasteiger partial charge in [-0.15, -0.1) is 11.3 Å². The molecular weight excluding hydrogens is 378 g/mol. The Hall–Kier alpha value is -1.86. The smallest absolute Gasteiger partial charge is 0.317 e. The molecule has 0 bridgehead atoms. The fraction of sp³-hybridized carbons (Fsp3) is 0.250. The largest absolute Gasteiger partial charge is 0.338 e. The molecule has 0 atom stereocenters. The topological polar surface area (TPSA) is 61.4 Å². The number of para-hydroxylation sites is 1. The van der Waals surface area contributed by atoms with Crippen LogP contribution < -0.4 is 10.6 Å². The average Bonchev–Trinajstić information content (AvgIpc) is 3.02. The van der Waals surface area contributed by atoms with E-state index in [-0.39, 0.29) is 18.5 Å². The molecule has 1 aromatic heterocycles. The number of amides is 3. The lowest BCUT2D eigenvalue weighted by molar-refractivity contribution is -0.116. The Bertz CT molecular complexity index is 661. The Kier molecular flexibility index (Phi) is 6.61. The average molecular weight is 396 g/mol. The number of nitrogens with one attached hydrogen (secondary N) is 2. The van der Waals surface area contributed by atoms with E-state index in [1.54, 1.807) is 24.5 Å². The van der Waals surface area contributed by atoms with Gasteiger partial charge in [-0.05, 0) is 45.9 Å². The minimum Gasteiger partial charge on any atom is -0.338 e. The van der Waals surface area contributed by atoms with Crippen molar-refractivity contribution in [3.05, 3.63) is 51.1 Å². The summed E-state index contributed by atoms with van der Waals surface area (Å²) in [7, 11) is 1.60. The van der Waals surface area contributed by atoms with Crippen LogP contribution in [0.3, 0.4) is 0 Å². The third-order valence-corrected chi connectivity index (χ3v) is 4.73. The standard InChI is InChI=1S/C16H18BrN3O2S/c1-20(16(22)18-9-8-12-5-4-10-23-12)11-15(21)19-14-7-3-2-6-13(14)17/h2-7,10H,8-9,11H2,1H3,(H,18,22)(H,19,21). The van der Waals surface area contributed by atoms with Gasteiger partial charge in [0.2, 0.25) is 5.91 Å². The van der Waals surface area contributed by atoms with Gasteiger partial charge in [0.05, 0.1) is 5.69 Å². The van der Waals surface area contributed by atoms with Crippen LogP contribution in [0.5, 0.6) is 0 Å².